The van der Waals surface area contributed by atoms with Crippen molar-refractivity contribution in [3.05, 3.63) is 52.7 Å². The van der Waals surface area contributed by atoms with Crippen LogP contribution in [0.15, 0.2) is 36.5 Å². The van der Waals surface area contributed by atoms with Gasteiger partial charge in [0.2, 0.25) is 0 Å². The smallest absolute Gasteiger partial charge is 0.370 e. The van der Waals surface area contributed by atoms with E-state index in [0.29, 0.717) is 5.82 Å². The van der Waals surface area contributed by atoms with E-state index in [9.17, 15) is 18.0 Å². The van der Waals surface area contributed by atoms with Crippen molar-refractivity contribution >= 4 is 29.0 Å². The quantitative estimate of drug-likeness (QED) is 0.806. The van der Waals surface area contributed by atoms with Gasteiger partial charge in [-0.3, -0.25) is 4.79 Å². The van der Waals surface area contributed by atoms with Gasteiger partial charge in [0.15, 0.2) is 0 Å². The summed E-state index contributed by atoms with van der Waals surface area (Å²) in [5.74, 6) is 0.0243. The number of nitrogens with zero attached hydrogens (tertiary/aromatic N) is 1. The number of anilines is 2. The molecule has 2 aromatic rings. The molecule has 0 spiro atoms. The van der Waals surface area contributed by atoms with Crippen molar-refractivity contribution < 1.29 is 18.0 Å². The van der Waals surface area contributed by atoms with Crippen molar-refractivity contribution in [1.29, 1.82) is 0 Å². The molecular formula is C16H15ClF3N3O. The van der Waals surface area contributed by atoms with Crippen LogP contribution in [0.5, 0.6) is 0 Å². The van der Waals surface area contributed by atoms with Crippen LogP contribution in [0.3, 0.4) is 0 Å². The van der Waals surface area contributed by atoms with E-state index in [1.165, 1.54) is 12.3 Å². The first-order valence-electron chi connectivity index (χ1n) is 7.19. The van der Waals surface area contributed by atoms with Gasteiger partial charge in [-0.05, 0) is 36.8 Å². The lowest BCUT2D eigenvalue weighted by atomic mass is 10.2. The van der Waals surface area contributed by atoms with E-state index >= 15 is 0 Å². The van der Waals surface area contributed by atoms with Gasteiger partial charge in [0.25, 0.3) is 5.91 Å². The highest BCUT2D eigenvalue weighted by Gasteiger charge is 2.31. The van der Waals surface area contributed by atoms with Gasteiger partial charge in [0.05, 0.1) is 21.8 Å². The zero-order valence-corrected chi connectivity index (χ0v) is 13.5. The van der Waals surface area contributed by atoms with Crippen molar-refractivity contribution in [2.24, 2.45) is 0 Å². The van der Waals surface area contributed by atoms with Crippen LogP contribution in [0.2, 0.25) is 5.02 Å². The van der Waals surface area contributed by atoms with Crippen molar-refractivity contribution in [1.82, 2.24) is 4.98 Å². The van der Waals surface area contributed by atoms with Crippen LogP contribution in [0, 0.1) is 0 Å². The van der Waals surface area contributed by atoms with Crippen LogP contribution in [0.1, 0.15) is 29.3 Å². The molecular weight excluding hydrogens is 343 g/mol. The van der Waals surface area contributed by atoms with E-state index in [4.69, 9.17) is 11.6 Å². The summed E-state index contributed by atoms with van der Waals surface area (Å²) in [6.07, 6.45) is -2.25. The number of carbonyl (C=O) groups is 1. The Morgan fingerprint density at radius 1 is 1.25 bits per heavy atom. The number of carbonyl (C=O) groups excluding carboxylic acids is 1. The molecule has 0 atom stereocenters. The summed E-state index contributed by atoms with van der Waals surface area (Å²) in [6, 6.07) is 5.90. The first kappa shape index (κ1) is 18.1. The van der Waals surface area contributed by atoms with E-state index < -0.39 is 17.6 Å². The molecule has 1 amide bonds. The number of amides is 1. The summed E-state index contributed by atoms with van der Waals surface area (Å²) >= 11 is 5.85. The van der Waals surface area contributed by atoms with Gasteiger partial charge < -0.3 is 10.6 Å². The molecule has 0 aliphatic rings. The Balaban J connectivity index is 2.14. The molecule has 0 saturated heterocycles. The maximum Gasteiger partial charge on any atom is 0.416 e. The minimum absolute atomic E-state index is 0.0190. The largest absolute Gasteiger partial charge is 0.416 e. The van der Waals surface area contributed by atoms with Crippen molar-refractivity contribution in [3.8, 4) is 0 Å². The molecule has 0 fully saturated rings. The number of aromatic nitrogens is 1. The monoisotopic (exact) mass is 357 g/mol. The highest BCUT2D eigenvalue weighted by molar-refractivity contribution is 6.34. The Hall–Kier alpha value is -2.28. The zero-order chi connectivity index (χ0) is 17.7. The standard InChI is InChI=1S/C16H15ClF3N3O/c1-2-7-21-14-6-3-10(9-22-14)15(24)23-13-8-11(16(18,19)20)4-5-12(13)17/h3-6,8-9H,2,7H2,1H3,(H,21,22)(H,23,24). The number of hydrogen-bond donors (Lipinski definition) is 2. The Labute approximate surface area is 142 Å². The summed E-state index contributed by atoms with van der Waals surface area (Å²) in [5.41, 5.74) is -0.783. The summed E-state index contributed by atoms with van der Waals surface area (Å²) in [6.45, 7) is 2.76. The second kappa shape index (κ2) is 7.53. The van der Waals surface area contributed by atoms with Gasteiger partial charge in [-0.1, -0.05) is 18.5 Å². The van der Waals surface area contributed by atoms with Crippen LogP contribution in [-0.4, -0.2) is 17.4 Å². The Morgan fingerprint density at radius 3 is 2.58 bits per heavy atom. The van der Waals surface area contributed by atoms with Crippen LogP contribution >= 0.6 is 11.6 Å². The Morgan fingerprint density at radius 2 is 2.00 bits per heavy atom. The van der Waals surface area contributed by atoms with Crippen molar-refractivity contribution in [2.45, 2.75) is 19.5 Å². The molecule has 1 aromatic carbocycles. The van der Waals surface area contributed by atoms with E-state index in [0.717, 1.165) is 31.2 Å². The summed E-state index contributed by atoms with van der Waals surface area (Å²) in [4.78, 5) is 16.2. The normalized spacial score (nSPS) is 11.2. The van der Waals surface area contributed by atoms with Crippen molar-refractivity contribution in [2.75, 3.05) is 17.2 Å². The third kappa shape index (κ3) is 4.61. The molecule has 2 rings (SSSR count). The number of alkyl halides is 3. The predicted octanol–water partition coefficient (Wildman–Crippen LogP) is 4.83. The first-order chi connectivity index (χ1) is 11.3. The number of halogens is 4. The molecule has 0 saturated carbocycles. The number of nitrogens with one attached hydrogen (secondary N) is 2. The van der Waals surface area contributed by atoms with Crippen molar-refractivity contribution in [3.63, 3.8) is 0 Å². The third-order valence-electron chi connectivity index (χ3n) is 3.12. The molecule has 24 heavy (non-hydrogen) atoms. The maximum absolute atomic E-state index is 12.7. The molecule has 1 aromatic heterocycles. The Kier molecular flexibility index (Phi) is 5.66. The third-order valence-corrected chi connectivity index (χ3v) is 3.45. The minimum atomic E-state index is -4.52. The van der Waals surface area contributed by atoms with Crippen LogP contribution in [-0.2, 0) is 6.18 Å². The van der Waals surface area contributed by atoms with Gasteiger partial charge in [0, 0.05) is 12.7 Å². The lowest BCUT2D eigenvalue weighted by Gasteiger charge is -2.12. The maximum atomic E-state index is 12.7. The fourth-order valence-electron chi connectivity index (χ4n) is 1.88. The molecule has 128 valence electrons. The van der Waals surface area contributed by atoms with Gasteiger partial charge in [-0.2, -0.15) is 13.2 Å². The average molecular weight is 358 g/mol. The number of benzene rings is 1. The highest BCUT2D eigenvalue weighted by Crippen LogP contribution is 2.33. The second-order valence-electron chi connectivity index (χ2n) is 5.01. The molecule has 0 bridgehead atoms. The molecule has 4 nitrogen and oxygen atoms in total. The minimum Gasteiger partial charge on any atom is -0.370 e. The molecule has 2 N–H and O–H groups in total. The lowest BCUT2D eigenvalue weighted by molar-refractivity contribution is -0.137. The summed E-state index contributed by atoms with van der Waals surface area (Å²) in [5, 5.41) is 5.44. The first-order valence-corrected chi connectivity index (χ1v) is 7.57. The summed E-state index contributed by atoms with van der Waals surface area (Å²) in [7, 11) is 0. The average Bonchev–Trinajstić information content (AvgIpc) is 2.54. The number of rotatable bonds is 5. The van der Waals surface area contributed by atoms with Gasteiger partial charge in [-0.15, -0.1) is 0 Å². The van der Waals surface area contributed by atoms with E-state index in [2.05, 4.69) is 15.6 Å². The van der Waals surface area contributed by atoms with Crippen LogP contribution in [0.4, 0.5) is 24.7 Å². The molecule has 0 radical (unpaired) electrons. The number of pyridine rings is 1. The lowest BCUT2D eigenvalue weighted by Crippen LogP contribution is -2.14. The SMILES string of the molecule is CCCNc1ccc(C(=O)Nc2cc(C(F)(F)F)ccc2Cl)cn1. The van der Waals surface area contributed by atoms with Gasteiger partial charge in [0.1, 0.15) is 5.82 Å². The topological polar surface area (TPSA) is 54.0 Å². The molecule has 0 aliphatic heterocycles. The van der Waals surface area contributed by atoms with E-state index in [-0.39, 0.29) is 16.3 Å². The van der Waals surface area contributed by atoms with E-state index in [1.54, 1.807) is 6.07 Å². The van der Waals surface area contributed by atoms with E-state index in [1.807, 2.05) is 6.92 Å². The number of hydrogen-bond acceptors (Lipinski definition) is 3. The Bertz CT molecular complexity index is 717. The zero-order valence-electron chi connectivity index (χ0n) is 12.7. The molecule has 0 aliphatic carbocycles. The molecule has 1 heterocycles. The fourth-order valence-corrected chi connectivity index (χ4v) is 2.04. The second-order valence-corrected chi connectivity index (χ2v) is 5.41. The van der Waals surface area contributed by atoms with Crippen LogP contribution in [0.25, 0.3) is 0 Å². The predicted molar refractivity (Wildman–Crippen MR) is 87.4 cm³/mol. The van der Waals surface area contributed by atoms with Crippen LogP contribution < -0.4 is 10.6 Å². The molecule has 8 heteroatoms. The summed E-state index contributed by atoms with van der Waals surface area (Å²) < 4.78 is 38.2. The highest BCUT2D eigenvalue weighted by atomic mass is 35.5. The van der Waals surface area contributed by atoms with Gasteiger partial charge in [-0.25, -0.2) is 4.98 Å². The fraction of sp³-hybridized carbons (Fsp3) is 0.250. The molecule has 0 unspecified atom stereocenters. The van der Waals surface area contributed by atoms with Gasteiger partial charge >= 0.3 is 6.18 Å².